The van der Waals surface area contributed by atoms with Crippen LogP contribution in [-0.2, 0) is 0 Å². The Labute approximate surface area is 101 Å². The Bertz CT molecular complexity index is 335. The molecule has 5 nitrogen and oxygen atoms in total. The van der Waals surface area contributed by atoms with Crippen LogP contribution in [0, 0.1) is 5.92 Å². The summed E-state index contributed by atoms with van der Waals surface area (Å²) in [6.45, 7) is 3.86. The molecule has 0 aliphatic rings. The summed E-state index contributed by atoms with van der Waals surface area (Å²) in [5, 5.41) is 6.78. The Morgan fingerprint density at radius 1 is 1.50 bits per heavy atom. The van der Waals surface area contributed by atoms with Gasteiger partial charge in [-0.1, -0.05) is 18.5 Å². The van der Waals surface area contributed by atoms with Crippen molar-refractivity contribution in [3.8, 4) is 6.01 Å². The molecule has 16 heavy (non-hydrogen) atoms. The summed E-state index contributed by atoms with van der Waals surface area (Å²) in [5.41, 5.74) is 0. The van der Waals surface area contributed by atoms with E-state index < -0.39 is 0 Å². The van der Waals surface area contributed by atoms with Gasteiger partial charge < -0.3 is 15.4 Å². The summed E-state index contributed by atoms with van der Waals surface area (Å²) in [6, 6.07) is 0.313. The van der Waals surface area contributed by atoms with Gasteiger partial charge in [-0.3, -0.25) is 0 Å². The Kier molecular flexibility index (Phi) is 5.28. The summed E-state index contributed by atoms with van der Waals surface area (Å²) in [6.07, 6.45) is 1.53. The molecule has 6 heteroatoms. The maximum atomic E-state index is 5.96. The van der Waals surface area contributed by atoms with E-state index in [2.05, 4.69) is 27.5 Å². The highest BCUT2D eigenvalue weighted by atomic mass is 35.5. The zero-order valence-electron chi connectivity index (χ0n) is 9.75. The van der Waals surface area contributed by atoms with E-state index in [9.17, 15) is 0 Å². The lowest BCUT2D eigenvalue weighted by Crippen LogP contribution is -2.23. The second kappa shape index (κ2) is 6.50. The van der Waals surface area contributed by atoms with E-state index in [-0.39, 0.29) is 0 Å². The van der Waals surface area contributed by atoms with Gasteiger partial charge in [0.2, 0.25) is 0 Å². The van der Waals surface area contributed by atoms with E-state index in [0.29, 0.717) is 22.8 Å². The molecule has 1 rings (SSSR count). The lowest BCUT2D eigenvalue weighted by molar-refractivity contribution is 0.380. The summed E-state index contributed by atoms with van der Waals surface area (Å²) < 4.78 is 4.93. The van der Waals surface area contributed by atoms with Gasteiger partial charge in [-0.15, -0.1) is 0 Å². The molecule has 0 fully saturated rings. The molecule has 0 amide bonds. The molecule has 0 aromatic carbocycles. The van der Waals surface area contributed by atoms with Crippen molar-refractivity contribution in [1.82, 2.24) is 15.3 Å². The number of nitrogens with zero attached hydrogens (tertiary/aromatic N) is 2. The molecule has 1 atom stereocenters. The minimum absolute atomic E-state index is 0.313. The fourth-order valence-corrected chi connectivity index (χ4v) is 1.42. The van der Waals surface area contributed by atoms with Crippen molar-refractivity contribution in [2.75, 3.05) is 32.6 Å². The molecule has 0 aliphatic heterocycles. The Hall–Kier alpha value is -1.07. The molecule has 1 aromatic heterocycles. The van der Waals surface area contributed by atoms with Crippen LogP contribution in [0.5, 0.6) is 6.01 Å². The number of anilines is 1. The fraction of sp³-hybridized carbons (Fsp3) is 0.600. The average Bonchev–Trinajstić information content (AvgIpc) is 2.28. The van der Waals surface area contributed by atoms with Crippen LogP contribution in [-0.4, -0.2) is 37.2 Å². The SMILES string of the molecule is CNCC(C)CNc1nc(OC)ncc1Cl. The second-order valence-corrected chi connectivity index (χ2v) is 4.00. The monoisotopic (exact) mass is 244 g/mol. The molecule has 0 bridgehead atoms. The van der Waals surface area contributed by atoms with Crippen molar-refractivity contribution < 1.29 is 4.74 Å². The zero-order chi connectivity index (χ0) is 12.0. The van der Waals surface area contributed by atoms with Crippen LogP contribution in [0.25, 0.3) is 0 Å². The first-order valence-corrected chi connectivity index (χ1v) is 5.50. The Morgan fingerprint density at radius 2 is 2.25 bits per heavy atom. The quantitative estimate of drug-likeness (QED) is 0.792. The molecule has 1 aromatic rings. The van der Waals surface area contributed by atoms with Gasteiger partial charge in [-0.05, 0) is 19.5 Å². The zero-order valence-corrected chi connectivity index (χ0v) is 10.5. The third-order valence-electron chi connectivity index (χ3n) is 2.08. The molecule has 0 saturated heterocycles. The van der Waals surface area contributed by atoms with E-state index in [1.54, 1.807) is 0 Å². The molecular formula is C10H17ClN4O. The lowest BCUT2D eigenvalue weighted by Gasteiger charge is -2.13. The third-order valence-corrected chi connectivity index (χ3v) is 2.35. The van der Waals surface area contributed by atoms with Gasteiger partial charge in [0.25, 0.3) is 0 Å². The third kappa shape index (κ3) is 3.83. The standard InChI is InChI=1S/C10H17ClN4O/c1-7(4-12-2)5-13-9-8(11)6-14-10(15-9)16-3/h6-7,12H,4-5H2,1-3H3,(H,13,14,15). The highest BCUT2D eigenvalue weighted by Crippen LogP contribution is 2.20. The van der Waals surface area contributed by atoms with E-state index in [1.165, 1.54) is 13.3 Å². The molecule has 2 N–H and O–H groups in total. The summed E-state index contributed by atoms with van der Waals surface area (Å²) in [7, 11) is 3.45. The highest BCUT2D eigenvalue weighted by Gasteiger charge is 2.07. The van der Waals surface area contributed by atoms with Gasteiger partial charge in [-0.2, -0.15) is 4.98 Å². The molecule has 0 spiro atoms. The van der Waals surface area contributed by atoms with Crippen LogP contribution in [0.1, 0.15) is 6.92 Å². The number of methoxy groups -OCH3 is 1. The topological polar surface area (TPSA) is 59.1 Å². The summed E-state index contributed by atoms with van der Waals surface area (Å²) >= 11 is 5.96. The van der Waals surface area contributed by atoms with Gasteiger partial charge in [0.05, 0.1) is 13.3 Å². The fourth-order valence-electron chi connectivity index (χ4n) is 1.26. The van der Waals surface area contributed by atoms with E-state index in [0.717, 1.165) is 13.1 Å². The largest absolute Gasteiger partial charge is 0.467 e. The number of hydrogen-bond donors (Lipinski definition) is 2. The van der Waals surface area contributed by atoms with E-state index in [1.807, 2.05) is 7.05 Å². The van der Waals surface area contributed by atoms with Crippen molar-refractivity contribution in [2.45, 2.75) is 6.92 Å². The van der Waals surface area contributed by atoms with Crippen molar-refractivity contribution in [3.63, 3.8) is 0 Å². The first kappa shape index (κ1) is 13.0. The Morgan fingerprint density at radius 3 is 2.88 bits per heavy atom. The second-order valence-electron chi connectivity index (χ2n) is 3.60. The van der Waals surface area contributed by atoms with Crippen LogP contribution in [0.4, 0.5) is 5.82 Å². The molecular weight excluding hydrogens is 228 g/mol. The van der Waals surface area contributed by atoms with Crippen LogP contribution in [0.2, 0.25) is 5.02 Å². The summed E-state index contributed by atoms with van der Waals surface area (Å²) in [4.78, 5) is 8.03. The normalized spacial score (nSPS) is 12.2. The number of ether oxygens (including phenoxy) is 1. The first-order chi connectivity index (χ1) is 7.67. The van der Waals surface area contributed by atoms with E-state index in [4.69, 9.17) is 16.3 Å². The van der Waals surface area contributed by atoms with E-state index >= 15 is 0 Å². The summed E-state index contributed by atoms with van der Waals surface area (Å²) in [5.74, 6) is 1.10. The maximum absolute atomic E-state index is 5.96. The highest BCUT2D eigenvalue weighted by molar-refractivity contribution is 6.32. The Balaban J connectivity index is 2.58. The predicted octanol–water partition coefficient (Wildman–Crippen LogP) is 1.41. The van der Waals surface area contributed by atoms with Crippen LogP contribution >= 0.6 is 11.6 Å². The first-order valence-electron chi connectivity index (χ1n) is 5.12. The number of rotatable bonds is 6. The van der Waals surface area contributed by atoms with Crippen molar-refractivity contribution >= 4 is 17.4 Å². The van der Waals surface area contributed by atoms with Crippen molar-refractivity contribution in [1.29, 1.82) is 0 Å². The minimum Gasteiger partial charge on any atom is -0.467 e. The van der Waals surface area contributed by atoms with Gasteiger partial charge in [0.1, 0.15) is 5.02 Å². The molecule has 0 saturated carbocycles. The molecule has 1 unspecified atom stereocenters. The number of aromatic nitrogens is 2. The molecule has 0 radical (unpaired) electrons. The van der Waals surface area contributed by atoms with Crippen LogP contribution < -0.4 is 15.4 Å². The van der Waals surface area contributed by atoms with Gasteiger partial charge in [-0.25, -0.2) is 4.98 Å². The number of halogens is 1. The molecule has 90 valence electrons. The van der Waals surface area contributed by atoms with Crippen LogP contribution in [0.15, 0.2) is 6.20 Å². The predicted molar refractivity (Wildman–Crippen MR) is 65.2 cm³/mol. The van der Waals surface area contributed by atoms with Crippen LogP contribution in [0.3, 0.4) is 0 Å². The number of hydrogen-bond acceptors (Lipinski definition) is 5. The lowest BCUT2D eigenvalue weighted by atomic mass is 10.2. The number of nitrogens with one attached hydrogen (secondary N) is 2. The smallest absolute Gasteiger partial charge is 0.318 e. The minimum atomic E-state index is 0.313. The molecule has 0 aliphatic carbocycles. The van der Waals surface area contributed by atoms with Gasteiger partial charge >= 0.3 is 6.01 Å². The van der Waals surface area contributed by atoms with Gasteiger partial charge in [0, 0.05) is 6.54 Å². The van der Waals surface area contributed by atoms with Crippen molar-refractivity contribution in [2.24, 2.45) is 5.92 Å². The van der Waals surface area contributed by atoms with Gasteiger partial charge in [0.15, 0.2) is 5.82 Å². The maximum Gasteiger partial charge on any atom is 0.318 e. The average molecular weight is 245 g/mol. The van der Waals surface area contributed by atoms with Crippen molar-refractivity contribution in [3.05, 3.63) is 11.2 Å². The molecule has 1 heterocycles.